The van der Waals surface area contributed by atoms with Crippen LogP contribution in [0.1, 0.15) is 36.3 Å². The molecule has 0 spiro atoms. The van der Waals surface area contributed by atoms with Gasteiger partial charge in [0.05, 0.1) is 16.6 Å². The molecule has 1 heterocycles. The van der Waals surface area contributed by atoms with Crippen molar-refractivity contribution in [3.63, 3.8) is 0 Å². The minimum absolute atomic E-state index is 0.0302. The highest BCUT2D eigenvalue weighted by Crippen LogP contribution is 2.46. The molecule has 0 aromatic heterocycles. The van der Waals surface area contributed by atoms with E-state index in [9.17, 15) is 10.1 Å². The van der Waals surface area contributed by atoms with E-state index in [1.807, 2.05) is 6.07 Å². The van der Waals surface area contributed by atoms with Crippen molar-refractivity contribution in [1.29, 1.82) is 5.26 Å². The Morgan fingerprint density at radius 1 is 1.27 bits per heavy atom. The molecule has 0 bridgehead atoms. The summed E-state index contributed by atoms with van der Waals surface area (Å²) >= 11 is 14.4. The van der Waals surface area contributed by atoms with Crippen LogP contribution in [0.2, 0.25) is 10.0 Å². The minimum atomic E-state index is -0.617. The summed E-state index contributed by atoms with van der Waals surface area (Å²) in [6, 6.07) is 11.0. The first-order valence-electron chi connectivity index (χ1n) is 10.1. The van der Waals surface area contributed by atoms with Gasteiger partial charge in [-0.15, -0.1) is 0 Å². The molecule has 2 aromatic rings. The first-order chi connectivity index (χ1) is 15.8. The quantitative estimate of drug-likeness (QED) is 0.425. The van der Waals surface area contributed by atoms with Crippen LogP contribution < -0.4 is 15.2 Å². The molecule has 1 atom stereocenters. The number of carbonyl (C=O) groups excluding carboxylic acids is 1. The van der Waals surface area contributed by atoms with Crippen molar-refractivity contribution in [2.24, 2.45) is 5.73 Å². The fourth-order valence-electron chi connectivity index (χ4n) is 4.02. The molecule has 0 unspecified atom stereocenters. The van der Waals surface area contributed by atoms with Gasteiger partial charge in [-0.05, 0) is 58.8 Å². The molecular weight excluding hydrogens is 578 g/mol. The van der Waals surface area contributed by atoms with Crippen LogP contribution in [-0.2, 0) is 16.1 Å². The van der Waals surface area contributed by atoms with Gasteiger partial charge in [-0.2, -0.15) is 5.26 Å². The first-order valence-corrected chi connectivity index (χ1v) is 12.0. The van der Waals surface area contributed by atoms with Crippen molar-refractivity contribution in [3.05, 3.63) is 77.9 Å². The zero-order valence-corrected chi connectivity index (χ0v) is 21.3. The number of rotatable bonds is 5. The third-order valence-corrected chi connectivity index (χ3v) is 6.97. The summed E-state index contributed by atoms with van der Waals surface area (Å²) in [5.74, 6) is 0.915. The van der Waals surface area contributed by atoms with Gasteiger partial charge in [0.2, 0.25) is 5.88 Å². The number of nitrogens with two attached hydrogens (primary N) is 1. The molecular formula is C24H19Cl2IN2O4. The predicted molar refractivity (Wildman–Crippen MR) is 133 cm³/mol. The lowest BCUT2D eigenvalue weighted by Gasteiger charge is -2.31. The Morgan fingerprint density at radius 3 is 2.76 bits per heavy atom. The van der Waals surface area contributed by atoms with Crippen molar-refractivity contribution < 1.29 is 19.0 Å². The molecule has 0 radical (unpaired) electrons. The lowest BCUT2D eigenvalue weighted by atomic mass is 9.77. The molecule has 0 amide bonds. The van der Waals surface area contributed by atoms with E-state index < -0.39 is 5.92 Å². The molecule has 1 aliphatic heterocycles. The zero-order chi connectivity index (χ0) is 23.7. The van der Waals surface area contributed by atoms with Crippen LogP contribution in [0.3, 0.4) is 0 Å². The summed E-state index contributed by atoms with van der Waals surface area (Å²) in [5, 5.41) is 10.8. The highest BCUT2D eigenvalue weighted by atomic mass is 127. The van der Waals surface area contributed by atoms with Gasteiger partial charge in [0.1, 0.15) is 24.0 Å². The molecule has 33 heavy (non-hydrogen) atoms. The molecule has 0 fully saturated rings. The fraction of sp³-hybridized carbons (Fsp3) is 0.250. The summed E-state index contributed by atoms with van der Waals surface area (Å²) in [4.78, 5) is 12.8. The summed E-state index contributed by atoms with van der Waals surface area (Å²) in [6.07, 6.45) is 1.71. The largest absolute Gasteiger partial charge is 0.493 e. The average molecular weight is 597 g/mol. The van der Waals surface area contributed by atoms with Crippen LogP contribution in [0, 0.1) is 14.9 Å². The van der Waals surface area contributed by atoms with E-state index in [1.165, 1.54) is 7.11 Å². The van der Waals surface area contributed by atoms with Crippen LogP contribution in [0.5, 0.6) is 11.5 Å². The highest BCUT2D eigenvalue weighted by Gasteiger charge is 2.38. The standard InChI is InChI=1S/C24H19Cl2IN2O4/c1-31-20-8-13(7-17(27)23(20)32-11-12-5-6-14(25)9-16(12)26)21-15(10-28)24(29)33-19-4-2-3-18(30)22(19)21/h5-9,21H,2-4,11,29H2,1H3/t21-/m0/s1. The Morgan fingerprint density at radius 2 is 2.06 bits per heavy atom. The predicted octanol–water partition coefficient (Wildman–Crippen LogP) is 6.00. The molecule has 4 rings (SSSR count). The van der Waals surface area contributed by atoms with Crippen molar-refractivity contribution in [1.82, 2.24) is 0 Å². The monoisotopic (exact) mass is 596 g/mol. The maximum absolute atomic E-state index is 12.8. The van der Waals surface area contributed by atoms with Gasteiger partial charge >= 0.3 is 0 Å². The van der Waals surface area contributed by atoms with E-state index in [4.69, 9.17) is 43.1 Å². The van der Waals surface area contributed by atoms with Crippen LogP contribution in [0.4, 0.5) is 0 Å². The van der Waals surface area contributed by atoms with E-state index in [0.717, 1.165) is 9.13 Å². The van der Waals surface area contributed by atoms with Gasteiger partial charge in [0.25, 0.3) is 0 Å². The molecule has 0 saturated carbocycles. The number of methoxy groups -OCH3 is 1. The lowest BCUT2D eigenvalue weighted by molar-refractivity contribution is -0.116. The Bertz CT molecular complexity index is 1250. The number of hydrogen-bond acceptors (Lipinski definition) is 6. The number of ketones is 1. The van der Waals surface area contributed by atoms with E-state index in [1.54, 1.807) is 24.3 Å². The molecule has 6 nitrogen and oxygen atoms in total. The van der Waals surface area contributed by atoms with Crippen molar-refractivity contribution in [2.75, 3.05) is 7.11 Å². The smallest absolute Gasteiger partial charge is 0.205 e. The van der Waals surface area contributed by atoms with Crippen LogP contribution >= 0.6 is 45.8 Å². The maximum Gasteiger partial charge on any atom is 0.205 e. The third kappa shape index (κ3) is 4.65. The van der Waals surface area contributed by atoms with Crippen molar-refractivity contribution in [3.8, 4) is 17.6 Å². The first kappa shape index (κ1) is 23.7. The minimum Gasteiger partial charge on any atom is -0.493 e. The molecule has 9 heteroatoms. The number of nitrogens with zero attached hydrogens (tertiary/aromatic N) is 1. The number of hydrogen-bond donors (Lipinski definition) is 1. The van der Waals surface area contributed by atoms with Gasteiger partial charge in [-0.3, -0.25) is 4.79 Å². The maximum atomic E-state index is 12.8. The van der Waals surface area contributed by atoms with Gasteiger partial charge in [-0.1, -0.05) is 29.3 Å². The summed E-state index contributed by atoms with van der Waals surface area (Å²) in [7, 11) is 1.53. The van der Waals surface area contributed by atoms with Crippen LogP contribution in [0.25, 0.3) is 0 Å². The second-order valence-electron chi connectivity index (χ2n) is 7.60. The number of benzene rings is 2. The number of allylic oxidation sites excluding steroid dienone is 3. The molecule has 0 saturated heterocycles. The van der Waals surface area contributed by atoms with Crippen LogP contribution in [0.15, 0.2) is 53.1 Å². The van der Waals surface area contributed by atoms with E-state index in [-0.39, 0.29) is 23.8 Å². The van der Waals surface area contributed by atoms with Crippen molar-refractivity contribution >= 4 is 51.6 Å². The lowest BCUT2D eigenvalue weighted by Crippen LogP contribution is -2.27. The second-order valence-corrected chi connectivity index (χ2v) is 9.60. The van der Waals surface area contributed by atoms with Gasteiger partial charge in [0, 0.05) is 34.0 Å². The molecule has 1 aliphatic carbocycles. The normalized spacial score (nSPS) is 17.9. The van der Waals surface area contributed by atoms with E-state index in [2.05, 4.69) is 28.7 Å². The van der Waals surface area contributed by atoms with Gasteiger partial charge in [0.15, 0.2) is 17.3 Å². The number of halogens is 3. The topological polar surface area (TPSA) is 94.6 Å². The zero-order valence-electron chi connectivity index (χ0n) is 17.6. The Labute approximate surface area is 215 Å². The average Bonchev–Trinajstić information content (AvgIpc) is 2.78. The second kappa shape index (κ2) is 9.84. The summed E-state index contributed by atoms with van der Waals surface area (Å²) in [5.41, 5.74) is 8.24. The Balaban J connectivity index is 1.73. The molecule has 2 N–H and O–H groups in total. The van der Waals surface area contributed by atoms with Crippen molar-refractivity contribution in [2.45, 2.75) is 31.8 Å². The van der Waals surface area contributed by atoms with Gasteiger partial charge < -0.3 is 19.9 Å². The summed E-state index contributed by atoms with van der Waals surface area (Å²) < 4.78 is 18.0. The fourth-order valence-corrected chi connectivity index (χ4v) is 5.27. The SMILES string of the molecule is COc1cc([C@H]2C(C#N)=C(N)OC3=C2C(=O)CCC3)cc(I)c1OCc1ccc(Cl)cc1Cl. The third-order valence-electron chi connectivity index (χ3n) is 5.58. The Kier molecular flexibility index (Phi) is 7.07. The van der Waals surface area contributed by atoms with E-state index in [0.29, 0.717) is 57.7 Å². The number of carbonyl (C=O) groups is 1. The molecule has 2 aromatic carbocycles. The molecule has 170 valence electrons. The number of ether oxygens (including phenoxy) is 3. The summed E-state index contributed by atoms with van der Waals surface area (Å²) in [6.45, 7) is 0.211. The Hall–Kier alpha value is -2.41. The molecule has 2 aliphatic rings. The number of Topliss-reactive ketones (excluding diaryl/α,β-unsaturated/α-hetero) is 1. The van der Waals surface area contributed by atoms with Gasteiger partial charge in [-0.25, -0.2) is 0 Å². The number of nitriles is 1. The highest BCUT2D eigenvalue weighted by molar-refractivity contribution is 14.1. The van der Waals surface area contributed by atoms with Crippen LogP contribution in [-0.4, -0.2) is 12.9 Å². The van der Waals surface area contributed by atoms with E-state index >= 15 is 0 Å².